The molecule has 0 unspecified atom stereocenters. The molecule has 0 radical (unpaired) electrons. The van der Waals surface area contributed by atoms with Crippen LogP contribution >= 0.6 is 0 Å². The minimum absolute atomic E-state index is 0.0590. The summed E-state index contributed by atoms with van der Waals surface area (Å²) in [5.41, 5.74) is -0.428. The minimum atomic E-state index is -0.663. The lowest BCUT2D eigenvalue weighted by Gasteiger charge is -2.44. The highest BCUT2D eigenvalue weighted by Gasteiger charge is 2.52. The van der Waals surface area contributed by atoms with E-state index in [9.17, 15) is 14.7 Å². The molecule has 112 valence electrons. The Kier molecular flexibility index (Phi) is 4.35. The lowest BCUT2D eigenvalue weighted by Crippen LogP contribution is -2.46. The molecule has 0 aromatic rings. The van der Waals surface area contributed by atoms with Gasteiger partial charge in [0.05, 0.1) is 24.7 Å². The Hall–Kier alpha value is -1.52. The van der Waals surface area contributed by atoms with E-state index in [2.05, 4.69) is 0 Å². The number of aliphatic hydroxyl groups is 1. The van der Waals surface area contributed by atoms with E-state index in [4.69, 9.17) is 9.47 Å². The highest BCUT2D eigenvalue weighted by atomic mass is 16.5. The summed E-state index contributed by atoms with van der Waals surface area (Å²) in [5.74, 6) is -0.652. The maximum absolute atomic E-state index is 12.4. The maximum atomic E-state index is 12.4. The first-order valence-corrected chi connectivity index (χ1v) is 7.21. The molecule has 5 nitrogen and oxygen atoms in total. The molecule has 0 bridgehead atoms. The average Bonchev–Trinajstić information content (AvgIpc) is 2.46. The van der Waals surface area contributed by atoms with Gasteiger partial charge >= 0.3 is 11.9 Å². The quantitative estimate of drug-likeness (QED) is 0.805. The smallest absolute Gasteiger partial charge is 0.337 e. The average molecular weight is 282 g/mol. The molecule has 0 saturated heterocycles. The van der Waals surface area contributed by atoms with Gasteiger partial charge in [-0.25, -0.2) is 4.79 Å². The van der Waals surface area contributed by atoms with E-state index in [1.165, 1.54) is 7.11 Å². The predicted octanol–water partition coefficient (Wildman–Crippen LogP) is 2.51. The van der Waals surface area contributed by atoms with Crippen molar-refractivity contribution in [2.45, 2.75) is 45.4 Å². The van der Waals surface area contributed by atoms with E-state index in [1.54, 1.807) is 6.92 Å². The number of carbonyl (C=O) groups excluding carboxylic acids is 2. The SMILES string of the molecule is CCOC(=O)[C@]12CCCC[C@@H]1CC(O)=C(C(=O)OC)C2. The maximum Gasteiger partial charge on any atom is 0.337 e. The van der Waals surface area contributed by atoms with Gasteiger partial charge in [-0.05, 0) is 32.1 Å². The molecule has 0 aromatic heterocycles. The summed E-state index contributed by atoms with van der Waals surface area (Å²) >= 11 is 0. The molecular weight excluding hydrogens is 260 g/mol. The lowest BCUT2D eigenvalue weighted by molar-refractivity contribution is -0.163. The van der Waals surface area contributed by atoms with Crippen molar-refractivity contribution in [1.82, 2.24) is 0 Å². The van der Waals surface area contributed by atoms with Gasteiger partial charge in [-0.15, -0.1) is 0 Å². The van der Waals surface area contributed by atoms with Gasteiger partial charge in [-0.1, -0.05) is 12.8 Å². The van der Waals surface area contributed by atoms with E-state index in [-0.39, 0.29) is 29.6 Å². The lowest BCUT2D eigenvalue weighted by atomic mass is 9.59. The Labute approximate surface area is 118 Å². The van der Waals surface area contributed by atoms with Crippen LogP contribution < -0.4 is 0 Å². The molecule has 20 heavy (non-hydrogen) atoms. The molecule has 0 aromatic carbocycles. The number of ether oxygens (including phenoxy) is 2. The van der Waals surface area contributed by atoms with Crippen LogP contribution in [0.3, 0.4) is 0 Å². The molecule has 2 aliphatic rings. The first kappa shape index (κ1) is 14.9. The summed E-state index contributed by atoms with van der Waals surface area (Å²) in [6, 6.07) is 0. The number of aliphatic hydroxyl groups excluding tert-OH is 1. The summed E-state index contributed by atoms with van der Waals surface area (Å²) in [4.78, 5) is 24.2. The molecule has 2 atom stereocenters. The molecule has 0 heterocycles. The second-order valence-corrected chi connectivity index (χ2v) is 5.62. The zero-order valence-corrected chi connectivity index (χ0v) is 12.1. The van der Waals surface area contributed by atoms with Gasteiger partial charge in [0.2, 0.25) is 0 Å². The fourth-order valence-electron chi connectivity index (χ4n) is 3.54. The van der Waals surface area contributed by atoms with Crippen LogP contribution in [0.1, 0.15) is 45.4 Å². The normalized spacial score (nSPS) is 29.6. The van der Waals surface area contributed by atoms with Crippen molar-refractivity contribution in [3.8, 4) is 0 Å². The standard InChI is InChI=1S/C15H22O5/c1-3-20-14(18)15-7-5-4-6-10(15)8-12(16)11(9-15)13(17)19-2/h10,16H,3-9H2,1-2H3/t10-,15+/m1/s1. The monoisotopic (exact) mass is 282 g/mol. The van der Waals surface area contributed by atoms with E-state index >= 15 is 0 Å². The molecule has 2 rings (SSSR count). The predicted molar refractivity (Wildman–Crippen MR) is 71.9 cm³/mol. The topological polar surface area (TPSA) is 72.8 Å². The van der Waals surface area contributed by atoms with Crippen molar-refractivity contribution >= 4 is 11.9 Å². The van der Waals surface area contributed by atoms with E-state index < -0.39 is 11.4 Å². The zero-order valence-electron chi connectivity index (χ0n) is 12.1. The minimum Gasteiger partial charge on any atom is -0.512 e. The van der Waals surface area contributed by atoms with Crippen molar-refractivity contribution < 1.29 is 24.2 Å². The number of carbonyl (C=O) groups is 2. The van der Waals surface area contributed by atoms with Crippen molar-refractivity contribution in [2.75, 3.05) is 13.7 Å². The van der Waals surface area contributed by atoms with Crippen molar-refractivity contribution in [3.05, 3.63) is 11.3 Å². The van der Waals surface area contributed by atoms with Crippen LogP contribution in [0.15, 0.2) is 11.3 Å². The van der Waals surface area contributed by atoms with Crippen LogP contribution in [-0.2, 0) is 19.1 Å². The van der Waals surface area contributed by atoms with Gasteiger partial charge in [-0.2, -0.15) is 0 Å². The first-order valence-electron chi connectivity index (χ1n) is 7.21. The third-order valence-electron chi connectivity index (χ3n) is 4.60. The summed E-state index contributed by atoms with van der Waals surface area (Å²) in [7, 11) is 1.28. The summed E-state index contributed by atoms with van der Waals surface area (Å²) < 4.78 is 9.96. The third kappa shape index (κ3) is 2.41. The number of fused-ring (bicyclic) bond motifs is 1. The molecule has 2 aliphatic carbocycles. The Bertz CT molecular complexity index is 440. The highest BCUT2D eigenvalue weighted by molar-refractivity contribution is 5.91. The first-order chi connectivity index (χ1) is 9.55. The fraction of sp³-hybridized carbons (Fsp3) is 0.733. The summed E-state index contributed by atoms with van der Waals surface area (Å²) in [6.07, 6.45) is 4.19. The third-order valence-corrected chi connectivity index (χ3v) is 4.60. The van der Waals surface area contributed by atoms with Crippen LogP contribution in [0, 0.1) is 11.3 Å². The number of allylic oxidation sites excluding steroid dienone is 1. The van der Waals surface area contributed by atoms with Crippen molar-refractivity contribution in [3.63, 3.8) is 0 Å². The van der Waals surface area contributed by atoms with Gasteiger partial charge in [0, 0.05) is 6.42 Å². The number of rotatable bonds is 3. The molecule has 1 fully saturated rings. The van der Waals surface area contributed by atoms with Gasteiger partial charge in [0.1, 0.15) is 5.76 Å². The van der Waals surface area contributed by atoms with E-state index in [1.807, 2.05) is 0 Å². The molecular formula is C15H22O5. The van der Waals surface area contributed by atoms with Crippen LogP contribution in [0.4, 0.5) is 0 Å². The molecule has 1 N–H and O–H groups in total. The molecule has 1 saturated carbocycles. The Morgan fingerprint density at radius 3 is 2.80 bits per heavy atom. The second kappa shape index (κ2) is 5.85. The zero-order chi connectivity index (χ0) is 14.8. The number of esters is 2. The van der Waals surface area contributed by atoms with Gasteiger partial charge in [0.15, 0.2) is 0 Å². The van der Waals surface area contributed by atoms with E-state index in [0.717, 1.165) is 19.3 Å². The molecule has 0 amide bonds. The van der Waals surface area contributed by atoms with E-state index in [0.29, 0.717) is 19.4 Å². The Balaban J connectivity index is 2.35. The Morgan fingerprint density at radius 1 is 1.40 bits per heavy atom. The van der Waals surface area contributed by atoms with Crippen LogP contribution in [0.2, 0.25) is 0 Å². The van der Waals surface area contributed by atoms with Crippen LogP contribution in [0.25, 0.3) is 0 Å². The molecule has 5 heteroatoms. The molecule has 0 aliphatic heterocycles. The second-order valence-electron chi connectivity index (χ2n) is 5.62. The summed E-state index contributed by atoms with van der Waals surface area (Å²) in [5, 5.41) is 10.1. The van der Waals surface area contributed by atoms with Crippen molar-refractivity contribution in [1.29, 1.82) is 0 Å². The van der Waals surface area contributed by atoms with Gasteiger partial charge in [0.25, 0.3) is 0 Å². The molecule has 0 spiro atoms. The Morgan fingerprint density at radius 2 is 2.15 bits per heavy atom. The number of hydrogen-bond acceptors (Lipinski definition) is 5. The number of methoxy groups -OCH3 is 1. The van der Waals surface area contributed by atoms with Crippen LogP contribution in [0.5, 0.6) is 0 Å². The number of hydrogen-bond donors (Lipinski definition) is 1. The van der Waals surface area contributed by atoms with Crippen LogP contribution in [-0.4, -0.2) is 30.8 Å². The van der Waals surface area contributed by atoms with Gasteiger partial charge in [-0.3, -0.25) is 4.79 Å². The largest absolute Gasteiger partial charge is 0.512 e. The van der Waals surface area contributed by atoms with Crippen molar-refractivity contribution in [2.24, 2.45) is 11.3 Å². The highest BCUT2D eigenvalue weighted by Crippen LogP contribution is 2.52. The fourth-order valence-corrected chi connectivity index (χ4v) is 3.54. The van der Waals surface area contributed by atoms with Gasteiger partial charge < -0.3 is 14.6 Å². The summed E-state index contributed by atoms with van der Waals surface area (Å²) in [6.45, 7) is 2.11.